The average molecular weight is 429 g/mol. The number of methoxy groups -OCH3 is 1. The molecule has 0 heterocycles. The van der Waals surface area contributed by atoms with E-state index in [-0.39, 0.29) is 17.8 Å². The summed E-state index contributed by atoms with van der Waals surface area (Å²) in [5.41, 5.74) is 1.04. The fourth-order valence-corrected chi connectivity index (χ4v) is 4.44. The van der Waals surface area contributed by atoms with Gasteiger partial charge < -0.3 is 19.3 Å². The number of aliphatic carboxylic acids is 1. The molecule has 0 aromatic heterocycles. The minimum Gasteiger partial charge on any atom is -0.493 e. The third kappa shape index (κ3) is 4.94. The zero-order valence-electron chi connectivity index (χ0n) is 17.9. The fraction of sp³-hybridized carbons (Fsp3) is 0.480. The molecule has 2 aliphatic rings. The van der Waals surface area contributed by atoms with E-state index in [1.165, 1.54) is 13.2 Å². The molecule has 6 heteroatoms. The monoisotopic (exact) mass is 428 g/mol. The van der Waals surface area contributed by atoms with Crippen LogP contribution in [0, 0.1) is 23.6 Å². The number of ether oxygens (including phenoxy) is 3. The number of hydrogen-bond acceptors (Lipinski definition) is 4. The van der Waals surface area contributed by atoms with E-state index >= 15 is 0 Å². The lowest BCUT2D eigenvalue weighted by atomic mass is 9.82. The van der Waals surface area contributed by atoms with Crippen molar-refractivity contribution in [1.82, 2.24) is 0 Å². The number of halogens is 1. The highest BCUT2D eigenvalue weighted by Gasteiger charge is 2.39. The van der Waals surface area contributed by atoms with Crippen molar-refractivity contribution in [2.45, 2.75) is 44.6 Å². The third-order valence-corrected chi connectivity index (χ3v) is 6.41. The Morgan fingerprint density at radius 1 is 1.19 bits per heavy atom. The van der Waals surface area contributed by atoms with Crippen LogP contribution in [0.2, 0.25) is 0 Å². The molecule has 1 unspecified atom stereocenters. The first kappa shape index (κ1) is 21.5. The second kappa shape index (κ2) is 9.16. The maximum atomic E-state index is 14.0. The normalized spacial score (nSPS) is 22.2. The summed E-state index contributed by atoms with van der Waals surface area (Å²) in [7, 11) is 1.50. The second-order valence-corrected chi connectivity index (χ2v) is 8.72. The molecule has 2 fully saturated rings. The number of rotatable bonds is 10. The van der Waals surface area contributed by atoms with Crippen LogP contribution < -0.4 is 14.2 Å². The number of benzene rings is 2. The van der Waals surface area contributed by atoms with Gasteiger partial charge in [-0.15, -0.1) is 0 Å². The molecule has 1 N–H and O–H groups in total. The molecule has 4 rings (SSSR count). The lowest BCUT2D eigenvalue weighted by molar-refractivity contribution is -0.142. The Bertz CT molecular complexity index is 920. The van der Waals surface area contributed by atoms with Crippen LogP contribution >= 0.6 is 0 Å². The molecule has 5 nitrogen and oxygen atoms in total. The highest BCUT2D eigenvalue weighted by atomic mass is 19.1. The Morgan fingerprint density at radius 2 is 1.94 bits per heavy atom. The molecule has 2 atom stereocenters. The summed E-state index contributed by atoms with van der Waals surface area (Å²) in [6.45, 7) is 2.35. The highest BCUT2D eigenvalue weighted by Crippen LogP contribution is 2.47. The standard InChI is InChI=1S/C25H29FO5/c1-15(25(27)28)23(17-9-10-17)18-5-3-6-19(13-18)30-14-16-11-20(12-16)31-24-21(26)7-4-8-22(24)29-2/h3-8,13,15-17,20,23H,9-12,14H2,1-2H3,(H,27,28)/t15-,16?,20?,23?/m0/s1. The van der Waals surface area contributed by atoms with E-state index in [0.717, 1.165) is 37.0 Å². The van der Waals surface area contributed by atoms with Gasteiger partial charge in [-0.25, -0.2) is 4.39 Å². The van der Waals surface area contributed by atoms with Gasteiger partial charge in [-0.2, -0.15) is 0 Å². The third-order valence-electron chi connectivity index (χ3n) is 6.41. The van der Waals surface area contributed by atoms with Crippen LogP contribution in [0.5, 0.6) is 17.2 Å². The van der Waals surface area contributed by atoms with Crippen molar-refractivity contribution in [2.24, 2.45) is 17.8 Å². The van der Waals surface area contributed by atoms with Gasteiger partial charge in [0.2, 0.25) is 0 Å². The van der Waals surface area contributed by atoms with Gasteiger partial charge >= 0.3 is 5.97 Å². The number of carboxylic acid groups (broad SMARTS) is 1. The Balaban J connectivity index is 1.30. The van der Waals surface area contributed by atoms with Crippen molar-refractivity contribution in [3.8, 4) is 17.2 Å². The lowest BCUT2D eigenvalue weighted by Gasteiger charge is -2.35. The second-order valence-electron chi connectivity index (χ2n) is 8.72. The summed E-state index contributed by atoms with van der Waals surface area (Å²) >= 11 is 0. The topological polar surface area (TPSA) is 65.0 Å². The molecule has 2 saturated carbocycles. The Morgan fingerprint density at radius 3 is 2.61 bits per heavy atom. The summed E-state index contributed by atoms with van der Waals surface area (Å²) in [6, 6.07) is 12.5. The molecule has 2 aromatic rings. The summed E-state index contributed by atoms with van der Waals surface area (Å²) in [6.07, 6.45) is 3.70. The first-order chi connectivity index (χ1) is 15.0. The molecule has 0 spiro atoms. The molecule has 2 aliphatic carbocycles. The van der Waals surface area contributed by atoms with Gasteiger partial charge in [0.1, 0.15) is 5.75 Å². The largest absolute Gasteiger partial charge is 0.493 e. The molecule has 0 radical (unpaired) electrons. The van der Waals surface area contributed by atoms with Crippen molar-refractivity contribution in [3.05, 3.63) is 53.8 Å². The van der Waals surface area contributed by atoms with Crippen molar-refractivity contribution in [1.29, 1.82) is 0 Å². The zero-order valence-corrected chi connectivity index (χ0v) is 17.9. The molecule has 2 aromatic carbocycles. The van der Waals surface area contributed by atoms with Crippen molar-refractivity contribution < 1.29 is 28.5 Å². The summed E-state index contributed by atoms with van der Waals surface area (Å²) in [5, 5.41) is 9.48. The van der Waals surface area contributed by atoms with Crippen LogP contribution in [-0.4, -0.2) is 30.9 Å². The van der Waals surface area contributed by atoms with Crippen molar-refractivity contribution in [2.75, 3.05) is 13.7 Å². The van der Waals surface area contributed by atoms with Crippen LogP contribution in [0.4, 0.5) is 4.39 Å². The number of carbonyl (C=O) groups is 1. The van der Waals surface area contributed by atoms with E-state index < -0.39 is 17.7 Å². The van der Waals surface area contributed by atoms with E-state index in [4.69, 9.17) is 14.2 Å². The van der Waals surface area contributed by atoms with Gasteiger partial charge in [-0.05, 0) is 73.3 Å². The van der Waals surface area contributed by atoms with Crippen LogP contribution in [0.15, 0.2) is 42.5 Å². The molecular formula is C25H29FO5. The van der Waals surface area contributed by atoms with Crippen LogP contribution in [0.1, 0.15) is 44.1 Å². The van der Waals surface area contributed by atoms with E-state index in [1.54, 1.807) is 19.1 Å². The Hall–Kier alpha value is -2.76. The zero-order chi connectivity index (χ0) is 22.0. The molecular weight excluding hydrogens is 399 g/mol. The van der Waals surface area contributed by atoms with E-state index in [9.17, 15) is 14.3 Å². The summed E-state index contributed by atoms with van der Waals surface area (Å²) in [5.74, 6) is 0.552. The van der Waals surface area contributed by atoms with Gasteiger partial charge in [-0.3, -0.25) is 4.79 Å². The molecule has 0 saturated heterocycles. The number of para-hydroxylation sites is 1. The summed E-state index contributed by atoms with van der Waals surface area (Å²) in [4.78, 5) is 11.5. The van der Waals surface area contributed by atoms with E-state index in [2.05, 4.69) is 0 Å². The minimum atomic E-state index is -0.754. The molecule has 166 valence electrons. The molecule has 0 bridgehead atoms. The van der Waals surface area contributed by atoms with Crippen LogP contribution in [-0.2, 0) is 4.79 Å². The molecule has 0 amide bonds. The number of hydrogen-bond donors (Lipinski definition) is 1. The predicted octanol–water partition coefficient (Wildman–Crippen LogP) is 5.29. The Labute approximate surface area is 182 Å². The Kier molecular flexibility index (Phi) is 6.35. The number of carboxylic acids is 1. The van der Waals surface area contributed by atoms with Gasteiger partial charge in [0, 0.05) is 0 Å². The van der Waals surface area contributed by atoms with Gasteiger partial charge in [0.15, 0.2) is 17.3 Å². The average Bonchev–Trinajstić information content (AvgIpc) is 3.56. The van der Waals surface area contributed by atoms with E-state index in [0.29, 0.717) is 24.2 Å². The quantitative estimate of drug-likeness (QED) is 0.557. The first-order valence-electron chi connectivity index (χ1n) is 10.9. The van der Waals surface area contributed by atoms with Crippen LogP contribution in [0.3, 0.4) is 0 Å². The van der Waals surface area contributed by atoms with Crippen molar-refractivity contribution in [3.63, 3.8) is 0 Å². The maximum Gasteiger partial charge on any atom is 0.306 e. The predicted molar refractivity (Wildman–Crippen MR) is 114 cm³/mol. The molecule has 0 aliphatic heterocycles. The van der Waals surface area contributed by atoms with Gasteiger partial charge in [0.05, 0.1) is 25.7 Å². The van der Waals surface area contributed by atoms with Gasteiger partial charge in [-0.1, -0.05) is 25.1 Å². The highest BCUT2D eigenvalue weighted by molar-refractivity contribution is 5.71. The summed E-state index contributed by atoms with van der Waals surface area (Å²) < 4.78 is 31.0. The smallest absolute Gasteiger partial charge is 0.306 e. The SMILES string of the molecule is COc1cccc(F)c1OC1CC(COc2cccc(C(C3CC3)[C@H](C)C(=O)O)c2)C1. The van der Waals surface area contributed by atoms with Crippen molar-refractivity contribution >= 4 is 5.97 Å². The maximum absolute atomic E-state index is 14.0. The fourth-order valence-electron chi connectivity index (χ4n) is 4.44. The molecule has 31 heavy (non-hydrogen) atoms. The first-order valence-corrected chi connectivity index (χ1v) is 10.9. The van der Waals surface area contributed by atoms with Crippen LogP contribution in [0.25, 0.3) is 0 Å². The lowest BCUT2D eigenvalue weighted by Crippen LogP contribution is -2.37. The van der Waals surface area contributed by atoms with Gasteiger partial charge in [0.25, 0.3) is 0 Å². The minimum absolute atomic E-state index is 0.0262. The van der Waals surface area contributed by atoms with E-state index in [1.807, 2.05) is 24.3 Å².